The van der Waals surface area contributed by atoms with Crippen LogP contribution in [0.5, 0.6) is 0 Å². The number of H-pyrrole nitrogens is 1. The van der Waals surface area contributed by atoms with E-state index in [1.807, 2.05) is 6.07 Å². The molecule has 1 saturated heterocycles. The van der Waals surface area contributed by atoms with Crippen LogP contribution in [0.15, 0.2) is 36.7 Å². The second kappa shape index (κ2) is 5.38. The number of hydrogen-bond donors (Lipinski definition) is 1. The maximum absolute atomic E-state index is 13.3. The molecule has 0 bridgehead atoms. The summed E-state index contributed by atoms with van der Waals surface area (Å²) < 4.78 is 18.6. The Morgan fingerprint density at radius 2 is 1.86 bits per heavy atom. The molecule has 3 aromatic rings. The van der Waals surface area contributed by atoms with Crippen LogP contribution in [0.25, 0.3) is 22.2 Å². The molecule has 0 saturated carbocycles. The number of fused-ring (bicyclic) bond motifs is 1. The van der Waals surface area contributed by atoms with Crippen molar-refractivity contribution >= 4 is 16.9 Å². The van der Waals surface area contributed by atoms with E-state index in [1.54, 1.807) is 18.5 Å². The van der Waals surface area contributed by atoms with E-state index in [1.165, 1.54) is 12.1 Å². The second-order valence-corrected chi connectivity index (χ2v) is 5.29. The first-order chi connectivity index (χ1) is 10.8. The topological polar surface area (TPSA) is 54.0 Å². The highest BCUT2D eigenvalue weighted by atomic mass is 19.1. The summed E-state index contributed by atoms with van der Waals surface area (Å²) in [5, 5.41) is 0.840. The van der Waals surface area contributed by atoms with E-state index < -0.39 is 0 Å². The molecule has 22 heavy (non-hydrogen) atoms. The molecule has 0 spiro atoms. The Balaban J connectivity index is 1.63. The Morgan fingerprint density at radius 1 is 1.09 bits per heavy atom. The molecule has 0 aliphatic carbocycles. The normalized spacial score (nSPS) is 15.4. The van der Waals surface area contributed by atoms with Crippen molar-refractivity contribution in [3.63, 3.8) is 0 Å². The smallest absolute Gasteiger partial charge is 0.225 e. The third kappa shape index (κ3) is 2.42. The van der Waals surface area contributed by atoms with Gasteiger partial charge in [-0.15, -0.1) is 0 Å². The average Bonchev–Trinajstić information content (AvgIpc) is 2.99. The van der Waals surface area contributed by atoms with Gasteiger partial charge in [-0.2, -0.15) is 0 Å². The van der Waals surface area contributed by atoms with Gasteiger partial charge in [-0.25, -0.2) is 14.4 Å². The van der Waals surface area contributed by atoms with Gasteiger partial charge in [0.2, 0.25) is 5.95 Å². The highest BCUT2D eigenvalue weighted by molar-refractivity contribution is 5.85. The van der Waals surface area contributed by atoms with Crippen molar-refractivity contribution in [3.05, 3.63) is 42.5 Å². The molecule has 0 unspecified atom stereocenters. The SMILES string of the molecule is Fc1ccc2[nH]c(-c3cnc(N4CCOCC4)nc3)cc2c1. The molecule has 1 fully saturated rings. The summed E-state index contributed by atoms with van der Waals surface area (Å²) in [7, 11) is 0. The van der Waals surface area contributed by atoms with Gasteiger partial charge in [0.15, 0.2) is 0 Å². The Morgan fingerprint density at radius 3 is 2.64 bits per heavy atom. The van der Waals surface area contributed by atoms with Crippen LogP contribution < -0.4 is 4.90 Å². The Hall–Kier alpha value is -2.47. The van der Waals surface area contributed by atoms with Gasteiger partial charge in [0.1, 0.15) is 5.82 Å². The van der Waals surface area contributed by atoms with E-state index in [2.05, 4.69) is 19.9 Å². The summed E-state index contributed by atoms with van der Waals surface area (Å²) in [5.41, 5.74) is 2.66. The van der Waals surface area contributed by atoms with Gasteiger partial charge < -0.3 is 14.6 Å². The third-order valence-corrected chi connectivity index (χ3v) is 3.83. The number of anilines is 1. The first-order valence-electron chi connectivity index (χ1n) is 7.23. The lowest BCUT2D eigenvalue weighted by Crippen LogP contribution is -2.37. The van der Waals surface area contributed by atoms with E-state index in [9.17, 15) is 4.39 Å². The lowest BCUT2D eigenvalue weighted by atomic mass is 10.2. The molecule has 0 amide bonds. The van der Waals surface area contributed by atoms with Crippen molar-refractivity contribution in [1.82, 2.24) is 15.0 Å². The minimum Gasteiger partial charge on any atom is -0.378 e. The third-order valence-electron chi connectivity index (χ3n) is 3.83. The average molecular weight is 298 g/mol. The van der Waals surface area contributed by atoms with Crippen molar-refractivity contribution in [2.45, 2.75) is 0 Å². The molecule has 1 aliphatic rings. The summed E-state index contributed by atoms with van der Waals surface area (Å²) >= 11 is 0. The van der Waals surface area contributed by atoms with Crippen molar-refractivity contribution in [3.8, 4) is 11.3 Å². The number of nitrogens with zero attached hydrogens (tertiary/aromatic N) is 3. The number of morpholine rings is 1. The Labute approximate surface area is 126 Å². The fourth-order valence-corrected chi connectivity index (χ4v) is 2.65. The monoisotopic (exact) mass is 298 g/mol. The number of nitrogens with one attached hydrogen (secondary N) is 1. The molecule has 0 radical (unpaired) electrons. The van der Waals surface area contributed by atoms with Crippen molar-refractivity contribution < 1.29 is 9.13 Å². The minimum absolute atomic E-state index is 0.239. The number of aromatic amines is 1. The van der Waals surface area contributed by atoms with Crippen LogP contribution in [0.2, 0.25) is 0 Å². The first-order valence-corrected chi connectivity index (χ1v) is 7.23. The summed E-state index contributed by atoms with van der Waals surface area (Å²) in [5.74, 6) is 0.478. The molecule has 5 nitrogen and oxygen atoms in total. The largest absolute Gasteiger partial charge is 0.378 e. The molecule has 6 heteroatoms. The molecule has 3 heterocycles. The summed E-state index contributed by atoms with van der Waals surface area (Å²) in [6.07, 6.45) is 3.58. The van der Waals surface area contributed by atoms with Crippen LogP contribution >= 0.6 is 0 Å². The highest BCUT2D eigenvalue weighted by Crippen LogP contribution is 2.24. The number of rotatable bonds is 2. The Bertz CT molecular complexity index is 794. The van der Waals surface area contributed by atoms with Gasteiger partial charge in [0, 0.05) is 47.6 Å². The number of hydrogen-bond acceptors (Lipinski definition) is 4. The van der Waals surface area contributed by atoms with Gasteiger partial charge >= 0.3 is 0 Å². The van der Waals surface area contributed by atoms with Gasteiger partial charge in [-0.3, -0.25) is 0 Å². The van der Waals surface area contributed by atoms with E-state index in [0.29, 0.717) is 19.2 Å². The van der Waals surface area contributed by atoms with Crippen LogP contribution in [0.1, 0.15) is 0 Å². The predicted octanol–water partition coefficient (Wildman–Crippen LogP) is 2.60. The quantitative estimate of drug-likeness (QED) is 0.790. The number of benzene rings is 1. The van der Waals surface area contributed by atoms with E-state index in [-0.39, 0.29) is 5.82 Å². The van der Waals surface area contributed by atoms with Crippen molar-refractivity contribution in [2.75, 3.05) is 31.2 Å². The molecule has 4 rings (SSSR count). The van der Waals surface area contributed by atoms with Gasteiger partial charge in [0.25, 0.3) is 0 Å². The van der Waals surface area contributed by atoms with E-state index in [0.717, 1.165) is 35.2 Å². The zero-order valence-electron chi connectivity index (χ0n) is 11.9. The minimum atomic E-state index is -0.239. The number of aromatic nitrogens is 3. The Kier molecular flexibility index (Phi) is 3.23. The molecular formula is C16H15FN4O. The molecular weight excluding hydrogens is 283 g/mol. The first kappa shape index (κ1) is 13.2. The molecule has 1 aliphatic heterocycles. The summed E-state index contributed by atoms with van der Waals surface area (Å²) in [6, 6.07) is 6.60. The van der Waals surface area contributed by atoms with Crippen LogP contribution in [0.4, 0.5) is 10.3 Å². The van der Waals surface area contributed by atoms with E-state index in [4.69, 9.17) is 4.74 Å². The van der Waals surface area contributed by atoms with Crippen LogP contribution in [-0.4, -0.2) is 41.3 Å². The zero-order valence-corrected chi connectivity index (χ0v) is 11.9. The van der Waals surface area contributed by atoms with Crippen molar-refractivity contribution in [1.29, 1.82) is 0 Å². The number of ether oxygens (including phenoxy) is 1. The lowest BCUT2D eigenvalue weighted by Gasteiger charge is -2.26. The van der Waals surface area contributed by atoms with Crippen LogP contribution in [0.3, 0.4) is 0 Å². The maximum Gasteiger partial charge on any atom is 0.225 e. The summed E-state index contributed by atoms with van der Waals surface area (Å²) in [4.78, 5) is 14.2. The lowest BCUT2D eigenvalue weighted by molar-refractivity contribution is 0.122. The molecule has 2 aromatic heterocycles. The fraction of sp³-hybridized carbons (Fsp3) is 0.250. The van der Waals surface area contributed by atoms with Gasteiger partial charge in [0.05, 0.1) is 13.2 Å². The predicted molar refractivity (Wildman–Crippen MR) is 82.3 cm³/mol. The summed E-state index contributed by atoms with van der Waals surface area (Å²) in [6.45, 7) is 3.04. The maximum atomic E-state index is 13.3. The van der Waals surface area contributed by atoms with Gasteiger partial charge in [-0.05, 0) is 24.3 Å². The zero-order chi connectivity index (χ0) is 14.9. The molecule has 1 N–H and O–H groups in total. The molecule has 0 atom stereocenters. The highest BCUT2D eigenvalue weighted by Gasteiger charge is 2.14. The standard InChI is InChI=1S/C16H15FN4O/c17-13-1-2-14-11(7-13)8-15(20-14)12-9-18-16(19-10-12)21-3-5-22-6-4-21/h1-2,7-10,20H,3-6H2. The van der Waals surface area contributed by atoms with E-state index >= 15 is 0 Å². The fourth-order valence-electron chi connectivity index (χ4n) is 2.65. The van der Waals surface area contributed by atoms with Crippen molar-refractivity contribution in [2.24, 2.45) is 0 Å². The van der Waals surface area contributed by atoms with Crippen LogP contribution in [0, 0.1) is 5.82 Å². The van der Waals surface area contributed by atoms with Gasteiger partial charge in [-0.1, -0.05) is 0 Å². The number of halogens is 1. The second-order valence-electron chi connectivity index (χ2n) is 5.29. The molecule has 1 aromatic carbocycles. The van der Waals surface area contributed by atoms with Crippen LogP contribution in [-0.2, 0) is 4.74 Å². The molecule has 112 valence electrons.